The minimum Gasteiger partial charge on any atom is -0.469 e. The van der Waals surface area contributed by atoms with Crippen molar-refractivity contribution >= 4 is 17.8 Å². The van der Waals surface area contributed by atoms with Crippen molar-refractivity contribution in [2.75, 3.05) is 7.11 Å². The van der Waals surface area contributed by atoms with E-state index in [0.29, 0.717) is 6.42 Å². The number of carbonyl (C=O) groups excluding carboxylic acids is 3. The lowest BCUT2D eigenvalue weighted by Crippen LogP contribution is -2.22. The van der Waals surface area contributed by atoms with Gasteiger partial charge < -0.3 is 4.74 Å². The first kappa shape index (κ1) is 10.7. The molecule has 5 nitrogen and oxygen atoms in total. The Morgan fingerprint density at radius 1 is 1.43 bits per heavy atom. The Bertz CT molecular complexity index is 274. The van der Waals surface area contributed by atoms with Gasteiger partial charge in [0.1, 0.15) is 0 Å². The Balaban J connectivity index is 2.48. The zero-order chi connectivity index (χ0) is 10.7. The molecule has 1 aliphatic rings. The van der Waals surface area contributed by atoms with Gasteiger partial charge in [0.2, 0.25) is 11.8 Å². The van der Waals surface area contributed by atoms with Gasteiger partial charge >= 0.3 is 5.97 Å². The molecule has 5 heteroatoms. The molecule has 14 heavy (non-hydrogen) atoms. The SMILES string of the molecule is COC(=O)CCC1C(=O)NC(=O)C1C. The van der Waals surface area contributed by atoms with Crippen LogP contribution in [0.3, 0.4) is 0 Å². The van der Waals surface area contributed by atoms with E-state index in [0.717, 1.165) is 0 Å². The predicted molar refractivity (Wildman–Crippen MR) is 47.1 cm³/mol. The number of methoxy groups -OCH3 is 1. The fourth-order valence-corrected chi connectivity index (χ4v) is 1.49. The molecule has 0 saturated carbocycles. The molecule has 2 atom stereocenters. The van der Waals surface area contributed by atoms with Gasteiger partial charge in [-0.2, -0.15) is 0 Å². The Morgan fingerprint density at radius 3 is 2.50 bits per heavy atom. The Labute approximate surface area is 81.8 Å². The first-order valence-electron chi connectivity index (χ1n) is 4.47. The molecular weight excluding hydrogens is 186 g/mol. The fourth-order valence-electron chi connectivity index (χ4n) is 1.49. The van der Waals surface area contributed by atoms with Crippen molar-refractivity contribution in [2.24, 2.45) is 11.8 Å². The number of amides is 2. The number of hydrogen-bond acceptors (Lipinski definition) is 4. The first-order chi connectivity index (χ1) is 6.56. The van der Waals surface area contributed by atoms with Gasteiger partial charge in [0.15, 0.2) is 0 Å². The van der Waals surface area contributed by atoms with Crippen LogP contribution in [0.5, 0.6) is 0 Å². The van der Waals surface area contributed by atoms with E-state index in [1.165, 1.54) is 7.11 Å². The van der Waals surface area contributed by atoms with Gasteiger partial charge in [0, 0.05) is 12.3 Å². The predicted octanol–water partition coefficient (Wildman–Crippen LogP) is -0.152. The molecule has 1 aliphatic heterocycles. The molecule has 0 spiro atoms. The van der Waals surface area contributed by atoms with Crippen molar-refractivity contribution in [2.45, 2.75) is 19.8 Å². The van der Waals surface area contributed by atoms with Gasteiger partial charge in [-0.05, 0) is 6.42 Å². The standard InChI is InChI=1S/C9H13NO4/c1-5-6(3-4-7(11)14-2)9(13)10-8(5)12/h5-6H,3-4H2,1-2H3,(H,10,12,13). The molecule has 0 radical (unpaired) electrons. The molecule has 78 valence electrons. The van der Waals surface area contributed by atoms with Crippen molar-refractivity contribution in [3.8, 4) is 0 Å². The van der Waals surface area contributed by atoms with Crippen molar-refractivity contribution in [3.63, 3.8) is 0 Å². The monoisotopic (exact) mass is 199 g/mol. The lowest BCUT2D eigenvalue weighted by Gasteiger charge is -2.08. The average Bonchev–Trinajstić information content (AvgIpc) is 2.39. The highest BCUT2D eigenvalue weighted by molar-refractivity contribution is 6.04. The number of carbonyl (C=O) groups is 3. The van der Waals surface area contributed by atoms with Gasteiger partial charge in [0.05, 0.1) is 13.0 Å². The molecule has 1 rings (SSSR count). The third kappa shape index (κ3) is 2.10. The molecule has 2 unspecified atom stereocenters. The van der Waals surface area contributed by atoms with E-state index in [2.05, 4.69) is 10.1 Å². The maximum absolute atomic E-state index is 11.2. The largest absolute Gasteiger partial charge is 0.469 e. The number of imide groups is 1. The molecule has 2 amide bonds. The summed E-state index contributed by atoms with van der Waals surface area (Å²) in [4.78, 5) is 33.1. The fraction of sp³-hybridized carbons (Fsp3) is 0.667. The van der Waals surface area contributed by atoms with Crippen LogP contribution in [0.15, 0.2) is 0 Å². The molecule has 0 bridgehead atoms. The second-order valence-corrected chi connectivity index (χ2v) is 3.36. The summed E-state index contributed by atoms with van der Waals surface area (Å²) in [5.74, 6) is -1.63. The molecule has 0 aliphatic carbocycles. The summed E-state index contributed by atoms with van der Waals surface area (Å²) in [6.45, 7) is 1.68. The first-order valence-corrected chi connectivity index (χ1v) is 4.47. The number of hydrogen-bond donors (Lipinski definition) is 1. The normalized spacial score (nSPS) is 26.1. The van der Waals surface area contributed by atoms with Crippen LogP contribution in [0.1, 0.15) is 19.8 Å². The zero-order valence-electron chi connectivity index (χ0n) is 8.20. The Hall–Kier alpha value is -1.39. The van der Waals surface area contributed by atoms with E-state index in [1.807, 2.05) is 0 Å². The molecular formula is C9H13NO4. The van der Waals surface area contributed by atoms with Crippen LogP contribution in [0.2, 0.25) is 0 Å². The third-order valence-electron chi connectivity index (χ3n) is 2.49. The van der Waals surface area contributed by atoms with E-state index in [4.69, 9.17) is 0 Å². The van der Waals surface area contributed by atoms with Crippen molar-refractivity contribution < 1.29 is 19.1 Å². The minimum atomic E-state index is -0.387. The van der Waals surface area contributed by atoms with Crippen LogP contribution in [0.4, 0.5) is 0 Å². The summed E-state index contributed by atoms with van der Waals surface area (Å²) in [5.41, 5.74) is 0. The molecule has 0 aromatic heterocycles. The quantitative estimate of drug-likeness (QED) is 0.506. The topological polar surface area (TPSA) is 72.5 Å². The number of rotatable bonds is 3. The van der Waals surface area contributed by atoms with Gasteiger partial charge in [-0.1, -0.05) is 6.92 Å². The number of esters is 1. The minimum absolute atomic E-state index is 0.173. The van der Waals surface area contributed by atoms with Crippen molar-refractivity contribution in [1.82, 2.24) is 5.32 Å². The second kappa shape index (κ2) is 4.21. The maximum atomic E-state index is 11.2. The summed E-state index contributed by atoms with van der Waals surface area (Å²) in [7, 11) is 1.30. The highest BCUT2D eigenvalue weighted by Crippen LogP contribution is 2.23. The summed E-state index contributed by atoms with van der Waals surface area (Å²) < 4.78 is 4.45. The summed E-state index contributed by atoms with van der Waals surface area (Å²) >= 11 is 0. The van der Waals surface area contributed by atoms with E-state index >= 15 is 0 Å². The Kier molecular flexibility index (Phi) is 3.22. The molecule has 1 N–H and O–H groups in total. The summed E-state index contributed by atoms with van der Waals surface area (Å²) in [6, 6.07) is 0. The van der Waals surface area contributed by atoms with Crippen molar-refractivity contribution in [3.05, 3.63) is 0 Å². The average molecular weight is 199 g/mol. The zero-order valence-corrected chi connectivity index (χ0v) is 8.20. The van der Waals surface area contributed by atoms with Crippen LogP contribution in [-0.4, -0.2) is 24.9 Å². The highest BCUT2D eigenvalue weighted by Gasteiger charge is 2.38. The van der Waals surface area contributed by atoms with Crippen LogP contribution < -0.4 is 5.32 Å². The van der Waals surface area contributed by atoms with Gasteiger partial charge in [0.25, 0.3) is 0 Å². The van der Waals surface area contributed by atoms with Crippen LogP contribution in [-0.2, 0) is 19.1 Å². The van der Waals surface area contributed by atoms with Gasteiger partial charge in [-0.15, -0.1) is 0 Å². The maximum Gasteiger partial charge on any atom is 0.305 e. The van der Waals surface area contributed by atoms with E-state index in [1.54, 1.807) is 6.92 Å². The van der Waals surface area contributed by atoms with Gasteiger partial charge in [-0.25, -0.2) is 0 Å². The van der Waals surface area contributed by atoms with E-state index in [-0.39, 0.29) is 36.0 Å². The van der Waals surface area contributed by atoms with E-state index in [9.17, 15) is 14.4 Å². The number of ether oxygens (including phenoxy) is 1. The van der Waals surface area contributed by atoms with Gasteiger partial charge in [-0.3, -0.25) is 19.7 Å². The molecule has 0 aromatic rings. The van der Waals surface area contributed by atoms with Crippen LogP contribution >= 0.6 is 0 Å². The van der Waals surface area contributed by atoms with E-state index < -0.39 is 0 Å². The summed E-state index contributed by atoms with van der Waals surface area (Å²) in [6.07, 6.45) is 0.539. The smallest absolute Gasteiger partial charge is 0.305 e. The third-order valence-corrected chi connectivity index (χ3v) is 2.49. The molecule has 1 saturated heterocycles. The lowest BCUT2D eigenvalue weighted by molar-refractivity contribution is -0.141. The second-order valence-electron chi connectivity index (χ2n) is 3.36. The lowest BCUT2D eigenvalue weighted by atomic mass is 9.92. The summed E-state index contributed by atoms with van der Waals surface area (Å²) in [5, 5.41) is 2.23. The van der Waals surface area contributed by atoms with Crippen molar-refractivity contribution in [1.29, 1.82) is 0 Å². The van der Waals surface area contributed by atoms with Crippen LogP contribution in [0.25, 0.3) is 0 Å². The van der Waals surface area contributed by atoms with Crippen LogP contribution in [0, 0.1) is 11.8 Å². The number of nitrogens with one attached hydrogen (secondary N) is 1. The Morgan fingerprint density at radius 2 is 2.07 bits per heavy atom. The molecule has 1 heterocycles. The molecule has 1 fully saturated rings. The highest BCUT2D eigenvalue weighted by atomic mass is 16.5. The molecule has 0 aromatic carbocycles.